The van der Waals surface area contributed by atoms with E-state index in [9.17, 15) is 8.42 Å². The van der Waals surface area contributed by atoms with E-state index in [-0.39, 0.29) is 5.75 Å². The molecule has 0 radical (unpaired) electrons. The van der Waals surface area contributed by atoms with E-state index in [0.717, 1.165) is 29.7 Å². The first-order chi connectivity index (χ1) is 9.87. The quantitative estimate of drug-likeness (QED) is 0.847. The summed E-state index contributed by atoms with van der Waals surface area (Å²) in [7, 11) is -2.97. The number of aryl methyl sites for hydroxylation is 1. The van der Waals surface area contributed by atoms with Crippen molar-refractivity contribution in [2.24, 2.45) is 5.92 Å². The average Bonchev–Trinajstić information content (AvgIpc) is 2.74. The molecule has 2 heterocycles. The number of hydrogen-bond donors (Lipinski definition) is 1. The minimum atomic E-state index is -2.97. The first-order valence-corrected chi connectivity index (χ1v) is 9.24. The van der Waals surface area contributed by atoms with Crippen LogP contribution >= 0.6 is 0 Å². The van der Waals surface area contributed by atoms with Gasteiger partial charge in [0.15, 0.2) is 0 Å². The van der Waals surface area contributed by atoms with E-state index in [1.165, 1.54) is 6.26 Å². The van der Waals surface area contributed by atoms with Gasteiger partial charge in [0.25, 0.3) is 0 Å². The van der Waals surface area contributed by atoms with Crippen LogP contribution in [0.5, 0.6) is 0 Å². The van der Waals surface area contributed by atoms with Crippen LogP contribution in [0.15, 0.2) is 24.5 Å². The van der Waals surface area contributed by atoms with Crippen molar-refractivity contribution in [3.8, 4) is 0 Å². The predicted molar refractivity (Wildman–Crippen MR) is 86.0 cm³/mol. The molecule has 0 unspecified atom stereocenters. The van der Waals surface area contributed by atoms with Crippen LogP contribution in [0.4, 0.5) is 0 Å². The van der Waals surface area contributed by atoms with Crippen molar-refractivity contribution in [2.75, 3.05) is 18.6 Å². The van der Waals surface area contributed by atoms with E-state index in [4.69, 9.17) is 0 Å². The van der Waals surface area contributed by atoms with Crippen LogP contribution in [-0.4, -0.2) is 36.5 Å². The third-order valence-electron chi connectivity index (χ3n) is 3.29. The number of fused-ring (bicyclic) bond motifs is 1. The molecule has 0 atom stereocenters. The lowest BCUT2D eigenvalue weighted by Crippen LogP contribution is -2.18. The van der Waals surface area contributed by atoms with Gasteiger partial charge in [0.2, 0.25) is 0 Å². The maximum absolute atomic E-state index is 11.3. The molecule has 2 aromatic heterocycles. The second-order valence-electron chi connectivity index (χ2n) is 5.88. The minimum Gasteiger partial charge on any atom is -0.331 e. The summed E-state index contributed by atoms with van der Waals surface area (Å²) in [5, 5.41) is 4.51. The number of sulfone groups is 1. The van der Waals surface area contributed by atoms with Gasteiger partial charge in [-0.15, -0.1) is 0 Å². The Morgan fingerprint density at radius 3 is 2.81 bits per heavy atom. The molecule has 2 aromatic rings. The first kappa shape index (κ1) is 16.0. The summed E-state index contributed by atoms with van der Waals surface area (Å²) in [6.45, 7) is 6.51. The van der Waals surface area contributed by atoms with Crippen molar-refractivity contribution in [3.05, 3.63) is 30.1 Å². The topological polar surface area (TPSA) is 64.0 Å². The largest absolute Gasteiger partial charge is 0.331 e. The maximum atomic E-state index is 11.3. The summed E-state index contributed by atoms with van der Waals surface area (Å²) in [5.74, 6) is 0.730. The summed E-state index contributed by atoms with van der Waals surface area (Å²) >= 11 is 0. The summed E-state index contributed by atoms with van der Waals surface area (Å²) in [4.78, 5) is 4.39. The highest BCUT2D eigenvalue weighted by Crippen LogP contribution is 2.19. The molecule has 0 bridgehead atoms. The third kappa shape index (κ3) is 4.54. The number of aromatic nitrogens is 2. The van der Waals surface area contributed by atoms with Gasteiger partial charge in [-0.2, -0.15) is 0 Å². The fourth-order valence-electron chi connectivity index (χ4n) is 2.27. The van der Waals surface area contributed by atoms with Gasteiger partial charge in [0.05, 0.1) is 5.75 Å². The zero-order chi connectivity index (χ0) is 15.5. The second-order valence-corrected chi connectivity index (χ2v) is 8.14. The lowest BCUT2D eigenvalue weighted by molar-refractivity contribution is 0.552. The number of nitrogens with one attached hydrogen (secondary N) is 1. The van der Waals surface area contributed by atoms with Gasteiger partial charge in [0, 0.05) is 37.1 Å². The molecule has 0 aliphatic heterocycles. The molecule has 21 heavy (non-hydrogen) atoms. The van der Waals surface area contributed by atoms with E-state index in [1.54, 1.807) is 6.20 Å². The molecule has 116 valence electrons. The Kier molecular flexibility index (Phi) is 5.00. The van der Waals surface area contributed by atoms with E-state index >= 15 is 0 Å². The highest BCUT2D eigenvalue weighted by molar-refractivity contribution is 7.90. The van der Waals surface area contributed by atoms with Crippen LogP contribution in [0.1, 0.15) is 19.4 Å². The highest BCUT2D eigenvalue weighted by Gasteiger charge is 2.11. The van der Waals surface area contributed by atoms with Gasteiger partial charge in [-0.3, -0.25) is 0 Å². The smallest absolute Gasteiger partial charge is 0.149 e. The fraction of sp³-hybridized carbons (Fsp3) is 0.533. The molecule has 0 spiro atoms. The van der Waals surface area contributed by atoms with Crippen molar-refractivity contribution < 1.29 is 8.42 Å². The minimum absolute atomic E-state index is 0.131. The summed E-state index contributed by atoms with van der Waals surface area (Å²) in [6, 6.07) is 3.95. The standard InChI is InChI=1S/C15H23N3O2S/c1-12(2)9-16-10-13-11-18(7-8-21(3,19)20)15-14(13)5-4-6-17-15/h4-6,11-12,16H,7-10H2,1-3H3. The number of rotatable bonds is 7. The lowest BCUT2D eigenvalue weighted by Gasteiger charge is -2.06. The Morgan fingerprint density at radius 2 is 2.14 bits per heavy atom. The van der Waals surface area contributed by atoms with Crippen LogP contribution in [0.2, 0.25) is 0 Å². The number of nitrogens with zero attached hydrogens (tertiary/aromatic N) is 2. The molecule has 0 fully saturated rings. The van der Waals surface area contributed by atoms with Crippen molar-refractivity contribution in [1.29, 1.82) is 0 Å². The van der Waals surface area contributed by atoms with Crippen molar-refractivity contribution in [2.45, 2.75) is 26.9 Å². The van der Waals surface area contributed by atoms with Crippen LogP contribution < -0.4 is 5.32 Å². The van der Waals surface area contributed by atoms with E-state index in [0.29, 0.717) is 12.5 Å². The predicted octanol–water partition coefficient (Wildman–Crippen LogP) is 1.83. The normalized spacial score (nSPS) is 12.4. The van der Waals surface area contributed by atoms with E-state index in [2.05, 4.69) is 24.1 Å². The van der Waals surface area contributed by atoms with Crippen LogP contribution in [-0.2, 0) is 22.9 Å². The summed E-state index contributed by atoms with van der Waals surface area (Å²) < 4.78 is 24.6. The van der Waals surface area contributed by atoms with Gasteiger partial charge in [-0.25, -0.2) is 13.4 Å². The molecular weight excluding hydrogens is 286 g/mol. The van der Waals surface area contributed by atoms with Gasteiger partial charge >= 0.3 is 0 Å². The summed E-state index contributed by atoms with van der Waals surface area (Å²) in [5.41, 5.74) is 2.01. The Labute approximate surface area is 126 Å². The SMILES string of the molecule is CC(C)CNCc1cn(CCS(C)(=O)=O)c2ncccc12. The van der Waals surface area contributed by atoms with E-state index < -0.39 is 9.84 Å². The molecule has 1 N–H and O–H groups in total. The van der Waals surface area contributed by atoms with Crippen molar-refractivity contribution in [1.82, 2.24) is 14.9 Å². The van der Waals surface area contributed by atoms with Gasteiger partial charge in [-0.1, -0.05) is 13.8 Å². The maximum Gasteiger partial charge on any atom is 0.149 e. The van der Waals surface area contributed by atoms with Crippen molar-refractivity contribution >= 4 is 20.9 Å². The molecule has 0 aliphatic carbocycles. The van der Waals surface area contributed by atoms with Crippen LogP contribution in [0.25, 0.3) is 11.0 Å². The van der Waals surface area contributed by atoms with Crippen molar-refractivity contribution in [3.63, 3.8) is 0 Å². The molecule has 0 aromatic carbocycles. The molecule has 2 rings (SSSR count). The second kappa shape index (κ2) is 6.58. The highest BCUT2D eigenvalue weighted by atomic mass is 32.2. The zero-order valence-corrected chi connectivity index (χ0v) is 13.7. The average molecular weight is 309 g/mol. The third-order valence-corrected chi connectivity index (χ3v) is 4.21. The molecule has 6 heteroatoms. The molecule has 0 saturated carbocycles. The molecule has 0 aliphatic rings. The Hall–Kier alpha value is -1.40. The van der Waals surface area contributed by atoms with Gasteiger partial charge in [0.1, 0.15) is 15.5 Å². The Balaban J connectivity index is 2.21. The Morgan fingerprint density at radius 1 is 1.38 bits per heavy atom. The van der Waals surface area contributed by atoms with Gasteiger partial charge in [-0.05, 0) is 30.2 Å². The Bertz CT molecular complexity index is 705. The monoisotopic (exact) mass is 309 g/mol. The molecule has 0 amide bonds. The summed E-state index contributed by atoms with van der Waals surface area (Å²) in [6.07, 6.45) is 5.01. The van der Waals surface area contributed by atoms with E-state index in [1.807, 2.05) is 22.9 Å². The van der Waals surface area contributed by atoms with Crippen LogP contribution in [0, 0.1) is 5.92 Å². The van der Waals surface area contributed by atoms with Crippen LogP contribution in [0.3, 0.4) is 0 Å². The molecule has 5 nitrogen and oxygen atoms in total. The molecular formula is C15H23N3O2S. The first-order valence-electron chi connectivity index (χ1n) is 7.18. The number of hydrogen-bond acceptors (Lipinski definition) is 4. The number of pyridine rings is 1. The molecule has 0 saturated heterocycles. The zero-order valence-electron chi connectivity index (χ0n) is 12.8. The lowest BCUT2D eigenvalue weighted by atomic mass is 10.2. The fourth-order valence-corrected chi connectivity index (χ4v) is 2.79. The van der Waals surface area contributed by atoms with Gasteiger partial charge < -0.3 is 9.88 Å².